The molecule has 0 atom stereocenters. The Hall–Kier alpha value is -3.02. The standard InChI is InChI=1S/C19H18N4O2/c24-18-15-4-2-8-21-17(15)11-16(22-18)13-5-9-23(10-6-13)19(25)14-3-1-7-20-12-14/h1-4,7-8,11-13H,5-6,9-10H2,(H,22,24). The number of carbonyl (C=O) groups is 1. The number of carbonyl (C=O) groups excluding carboxylic acids is 1. The molecule has 3 aromatic heterocycles. The third-order valence-electron chi connectivity index (χ3n) is 4.76. The summed E-state index contributed by atoms with van der Waals surface area (Å²) < 4.78 is 0. The average molecular weight is 334 g/mol. The minimum atomic E-state index is -0.102. The van der Waals surface area contributed by atoms with Crippen molar-refractivity contribution in [3.05, 3.63) is 70.5 Å². The highest BCUT2D eigenvalue weighted by atomic mass is 16.2. The van der Waals surface area contributed by atoms with Crippen molar-refractivity contribution in [1.82, 2.24) is 19.9 Å². The van der Waals surface area contributed by atoms with Gasteiger partial charge in [0.2, 0.25) is 0 Å². The second-order valence-corrected chi connectivity index (χ2v) is 6.30. The van der Waals surface area contributed by atoms with Gasteiger partial charge in [0.1, 0.15) is 0 Å². The topological polar surface area (TPSA) is 79.0 Å². The molecule has 0 unspecified atom stereocenters. The lowest BCUT2D eigenvalue weighted by atomic mass is 9.92. The van der Waals surface area contributed by atoms with Gasteiger partial charge < -0.3 is 9.88 Å². The molecular weight excluding hydrogens is 316 g/mol. The van der Waals surface area contributed by atoms with Crippen molar-refractivity contribution < 1.29 is 4.79 Å². The Kier molecular flexibility index (Phi) is 4.01. The fraction of sp³-hybridized carbons (Fsp3) is 0.263. The normalized spacial score (nSPS) is 15.4. The van der Waals surface area contributed by atoms with E-state index in [2.05, 4.69) is 15.0 Å². The largest absolute Gasteiger partial charge is 0.339 e. The number of nitrogens with zero attached hydrogens (tertiary/aromatic N) is 3. The number of hydrogen-bond acceptors (Lipinski definition) is 4. The Balaban J connectivity index is 1.51. The summed E-state index contributed by atoms with van der Waals surface area (Å²) in [6, 6.07) is 9.06. The van der Waals surface area contributed by atoms with E-state index in [4.69, 9.17) is 0 Å². The third kappa shape index (κ3) is 3.03. The maximum absolute atomic E-state index is 12.5. The maximum atomic E-state index is 12.5. The van der Waals surface area contributed by atoms with Gasteiger partial charge in [0.05, 0.1) is 16.5 Å². The Labute approximate surface area is 144 Å². The first-order valence-electron chi connectivity index (χ1n) is 8.39. The fourth-order valence-corrected chi connectivity index (χ4v) is 3.39. The number of rotatable bonds is 2. The molecule has 0 spiro atoms. The van der Waals surface area contributed by atoms with Crippen LogP contribution in [0.1, 0.15) is 34.8 Å². The molecule has 1 aliphatic rings. The number of hydrogen-bond donors (Lipinski definition) is 1. The van der Waals surface area contributed by atoms with E-state index < -0.39 is 0 Å². The fourth-order valence-electron chi connectivity index (χ4n) is 3.39. The van der Waals surface area contributed by atoms with Gasteiger partial charge in [0.15, 0.2) is 0 Å². The SMILES string of the molecule is O=C(c1cccnc1)N1CCC(c2cc3ncccc3c(=O)[nH]2)CC1. The summed E-state index contributed by atoms with van der Waals surface area (Å²) in [5.41, 5.74) is 2.14. The van der Waals surface area contributed by atoms with Gasteiger partial charge in [-0.25, -0.2) is 0 Å². The molecule has 0 bridgehead atoms. The van der Waals surface area contributed by atoms with Crippen molar-refractivity contribution >= 4 is 16.8 Å². The molecule has 0 aromatic carbocycles. The second-order valence-electron chi connectivity index (χ2n) is 6.30. The van der Waals surface area contributed by atoms with Gasteiger partial charge in [-0.3, -0.25) is 19.6 Å². The Morgan fingerprint density at radius 2 is 1.96 bits per heavy atom. The van der Waals surface area contributed by atoms with Crippen LogP contribution >= 0.6 is 0 Å². The van der Waals surface area contributed by atoms with Crippen LogP contribution in [0.3, 0.4) is 0 Å². The molecule has 0 saturated carbocycles. The van der Waals surface area contributed by atoms with E-state index in [1.54, 1.807) is 42.9 Å². The van der Waals surface area contributed by atoms with Gasteiger partial charge in [-0.2, -0.15) is 0 Å². The minimum absolute atomic E-state index is 0.0141. The van der Waals surface area contributed by atoms with Gasteiger partial charge in [0, 0.05) is 43.3 Å². The lowest BCUT2D eigenvalue weighted by molar-refractivity contribution is 0.0711. The molecular formula is C19H18N4O2. The van der Waals surface area contributed by atoms with Crippen molar-refractivity contribution in [1.29, 1.82) is 0 Å². The summed E-state index contributed by atoms with van der Waals surface area (Å²) in [6.07, 6.45) is 6.59. The van der Waals surface area contributed by atoms with Crippen molar-refractivity contribution in [2.24, 2.45) is 0 Å². The first-order chi connectivity index (χ1) is 12.2. The molecule has 25 heavy (non-hydrogen) atoms. The lowest BCUT2D eigenvalue weighted by Gasteiger charge is -2.32. The molecule has 3 aromatic rings. The van der Waals surface area contributed by atoms with Gasteiger partial charge in [0.25, 0.3) is 11.5 Å². The molecule has 4 heterocycles. The maximum Gasteiger partial charge on any atom is 0.257 e. The molecule has 0 radical (unpaired) electrons. The molecule has 4 rings (SSSR count). The summed E-state index contributed by atoms with van der Waals surface area (Å²) in [5, 5.41) is 0.607. The highest BCUT2D eigenvalue weighted by Crippen LogP contribution is 2.27. The molecule has 1 N–H and O–H groups in total. The second kappa shape index (κ2) is 6.47. The van der Waals surface area contributed by atoms with Crippen LogP contribution in [0.4, 0.5) is 0 Å². The van der Waals surface area contributed by atoms with Crippen LogP contribution in [0, 0.1) is 0 Å². The van der Waals surface area contributed by atoms with Gasteiger partial charge in [-0.1, -0.05) is 0 Å². The molecule has 1 saturated heterocycles. The Bertz CT molecular complexity index is 960. The van der Waals surface area contributed by atoms with Gasteiger partial charge in [-0.05, 0) is 43.2 Å². The van der Waals surface area contributed by atoms with Crippen LogP contribution < -0.4 is 5.56 Å². The van der Waals surface area contributed by atoms with Crippen LogP contribution in [0.15, 0.2) is 53.7 Å². The Morgan fingerprint density at radius 1 is 1.16 bits per heavy atom. The molecule has 1 amide bonds. The highest BCUT2D eigenvalue weighted by Gasteiger charge is 2.25. The minimum Gasteiger partial charge on any atom is -0.339 e. The van der Waals surface area contributed by atoms with E-state index in [9.17, 15) is 9.59 Å². The van der Waals surface area contributed by atoms with E-state index in [1.165, 1.54) is 0 Å². The number of amides is 1. The van der Waals surface area contributed by atoms with E-state index in [1.807, 2.05) is 11.0 Å². The molecule has 1 fully saturated rings. The molecule has 0 aliphatic carbocycles. The van der Waals surface area contributed by atoms with E-state index >= 15 is 0 Å². The van der Waals surface area contributed by atoms with E-state index in [-0.39, 0.29) is 17.4 Å². The quantitative estimate of drug-likeness (QED) is 0.780. The van der Waals surface area contributed by atoms with Crippen LogP contribution in [0.5, 0.6) is 0 Å². The average Bonchev–Trinajstić information content (AvgIpc) is 2.68. The zero-order valence-corrected chi connectivity index (χ0v) is 13.7. The van der Waals surface area contributed by atoms with Crippen molar-refractivity contribution in [2.45, 2.75) is 18.8 Å². The molecule has 1 aliphatic heterocycles. The molecule has 126 valence electrons. The lowest BCUT2D eigenvalue weighted by Crippen LogP contribution is -2.38. The summed E-state index contributed by atoms with van der Waals surface area (Å²) in [4.78, 5) is 37.9. The number of pyridine rings is 3. The predicted molar refractivity (Wildman–Crippen MR) is 94.5 cm³/mol. The van der Waals surface area contributed by atoms with Crippen molar-refractivity contribution in [3.8, 4) is 0 Å². The number of nitrogens with one attached hydrogen (secondary N) is 1. The smallest absolute Gasteiger partial charge is 0.257 e. The monoisotopic (exact) mass is 334 g/mol. The number of piperidine rings is 1. The van der Waals surface area contributed by atoms with Crippen LogP contribution in [0.2, 0.25) is 0 Å². The van der Waals surface area contributed by atoms with E-state index in [0.29, 0.717) is 24.0 Å². The Morgan fingerprint density at radius 3 is 2.72 bits per heavy atom. The number of fused-ring (bicyclic) bond motifs is 1. The number of H-pyrrole nitrogens is 1. The number of aromatic amines is 1. The number of aromatic nitrogens is 3. The summed E-state index contributed by atoms with van der Waals surface area (Å²) >= 11 is 0. The van der Waals surface area contributed by atoms with Gasteiger partial charge >= 0.3 is 0 Å². The van der Waals surface area contributed by atoms with Crippen LogP contribution in [-0.2, 0) is 0 Å². The highest BCUT2D eigenvalue weighted by molar-refractivity contribution is 5.93. The molecule has 6 heteroatoms. The summed E-state index contributed by atoms with van der Waals surface area (Å²) in [6.45, 7) is 1.33. The first kappa shape index (κ1) is 15.5. The first-order valence-corrected chi connectivity index (χ1v) is 8.39. The zero-order valence-electron chi connectivity index (χ0n) is 13.7. The number of likely N-dealkylation sites (tertiary alicyclic amines) is 1. The van der Waals surface area contributed by atoms with E-state index in [0.717, 1.165) is 24.1 Å². The van der Waals surface area contributed by atoms with Crippen LogP contribution in [0.25, 0.3) is 10.9 Å². The third-order valence-corrected chi connectivity index (χ3v) is 4.76. The van der Waals surface area contributed by atoms with Crippen LogP contribution in [-0.4, -0.2) is 38.8 Å². The van der Waals surface area contributed by atoms with Crippen molar-refractivity contribution in [3.63, 3.8) is 0 Å². The predicted octanol–water partition coefficient (Wildman–Crippen LogP) is 2.34. The summed E-state index contributed by atoms with van der Waals surface area (Å²) in [7, 11) is 0. The molecule has 6 nitrogen and oxygen atoms in total. The van der Waals surface area contributed by atoms with Crippen molar-refractivity contribution in [2.75, 3.05) is 13.1 Å². The van der Waals surface area contributed by atoms with Gasteiger partial charge in [-0.15, -0.1) is 0 Å². The summed E-state index contributed by atoms with van der Waals surface area (Å²) in [5.74, 6) is 0.247. The zero-order chi connectivity index (χ0) is 17.2.